The van der Waals surface area contributed by atoms with E-state index in [1.807, 2.05) is 13.8 Å². The van der Waals surface area contributed by atoms with Crippen molar-refractivity contribution in [3.05, 3.63) is 12.2 Å². The maximum absolute atomic E-state index is 12.3. The molecule has 0 aliphatic carbocycles. The SMILES string of the molecule is CC.CCNC(=O)[C@H]1O[C@@H](n2cnc3c(N)nc(C#CCC4CCN(C(=O)OCC5CC(=O)N5)CC4)nc32)[C@@H](O)C1O. The van der Waals surface area contributed by atoms with Gasteiger partial charge in [0, 0.05) is 26.1 Å². The second-order valence-electron chi connectivity index (χ2n) is 10.1. The standard InChI is InChI=1S/C25H32N8O7.C2H6/c1-2-27-23(37)20-18(35)19(36)24(40-20)33-12-28-17-21(26)30-15(31-22(17)33)5-3-4-13-6-8-32(9-7-13)25(38)39-11-14-10-16(34)29-14;1-2/h12-14,18-20,24,35-36H,2,4,6-11H2,1H3,(H,27,37)(H,29,34)(H2,26,30,31);1-2H3/t14?,18?,19-,20-,24+;/m0./s1. The lowest BCUT2D eigenvalue weighted by Gasteiger charge is -2.32. The van der Waals surface area contributed by atoms with Crippen molar-refractivity contribution in [3.63, 3.8) is 0 Å². The van der Waals surface area contributed by atoms with E-state index in [1.165, 1.54) is 10.9 Å². The van der Waals surface area contributed by atoms with Gasteiger partial charge in [0.1, 0.15) is 24.3 Å². The van der Waals surface area contributed by atoms with E-state index in [4.69, 9.17) is 15.2 Å². The Labute approximate surface area is 243 Å². The highest BCUT2D eigenvalue weighted by Gasteiger charge is 2.47. The van der Waals surface area contributed by atoms with Gasteiger partial charge < -0.3 is 41.0 Å². The minimum atomic E-state index is -1.44. The highest BCUT2D eigenvalue weighted by molar-refractivity contribution is 5.83. The summed E-state index contributed by atoms with van der Waals surface area (Å²) in [7, 11) is 0. The van der Waals surface area contributed by atoms with E-state index in [-0.39, 0.29) is 53.4 Å². The summed E-state index contributed by atoms with van der Waals surface area (Å²) in [6.45, 7) is 7.38. The van der Waals surface area contributed by atoms with Crippen LogP contribution in [-0.2, 0) is 19.1 Å². The topological polar surface area (TPSA) is 207 Å². The normalized spacial score (nSPS) is 25.4. The summed E-state index contributed by atoms with van der Waals surface area (Å²) < 4.78 is 12.4. The molecule has 0 bridgehead atoms. The number of ether oxygens (including phenoxy) is 2. The first kappa shape index (κ1) is 30.9. The highest BCUT2D eigenvalue weighted by Crippen LogP contribution is 2.32. The summed E-state index contributed by atoms with van der Waals surface area (Å²) >= 11 is 0. The molecule has 2 aromatic heterocycles. The molecule has 0 saturated carbocycles. The largest absolute Gasteiger partial charge is 0.447 e. The average Bonchev–Trinajstić information content (AvgIpc) is 3.52. The first-order chi connectivity index (χ1) is 20.2. The molecule has 42 heavy (non-hydrogen) atoms. The number of hydrogen-bond donors (Lipinski definition) is 5. The van der Waals surface area contributed by atoms with Crippen molar-refractivity contribution in [1.82, 2.24) is 35.1 Å². The number of nitrogens with two attached hydrogens (primary N) is 1. The first-order valence-electron chi connectivity index (χ1n) is 14.2. The Morgan fingerprint density at radius 2 is 1.95 bits per heavy atom. The number of imidazole rings is 1. The van der Waals surface area contributed by atoms with Crippen LogP contribution in [0.5, 0.6) is 0 Å². The second-order valence-corrected chi connectivity index (χ2v) is 10.1. The zero-order chi connectivity index (χ0) is 30.4. The predicted octanol–water partition coefficient (Wildman–Crippen LogP) is -0.331. The van der Waals surface area contributed by atoms with E-state index in [9.17, 15) is 24.6 Å². The molecule has 15 nitrogen and oxygen atoms in total. The van der Waals surface area contributed by atoms with Crippen molar-refractivity contribution in [2.45, 2.75) is 77.0 Å². The van der Waals surface area contributed by atoms with E-state index in [1.54, 1.807) is 11.8 Å². The van der Waals surface area contributed by atoms with Crippen LogP contribution in [0.2, 0.25) is 0 Å². The molecule has 5 rings (SSSR count). The Balaban J connectivity index is 0.00000198. The third kappa shape index (κ3) is 6.72. The number of piperidine rings is 1. The highest BCUT2D eigenvalue weighted by atomic mass is 16.6. The lowest BCUT2D eigenvalue weighted by molar-refractivity contribution is -0.137. The fraction of sp³-hybridized carbons (Fsp3) is 0.630. The maximum atomic E-state index is 12.3. The van der Waals surface area contributed by atoms with Gasteiger partial charge in [0.2, 0.25) is 11.7 Å². The minimum absolute atomic E-state index is 0.0329. The number of aliphatic hydroxyl groups is 2. The molecule has 3 fully saturated rings. The van der Waals surface area contributed by atoms with Gasteiger partial charge in [-0.3, -0.25) is 14.2 Å². The molecule has 5 heterocycles. The van der Waals surface area contributed by atoms with Gasteiger partial charge >= 0.3 is 6.09 Å². The van der Waals surface area contributed by atoms with E-state index in [0.717, 1.165) is 12.8 Å². The molecular weight excluding hydrogens is 548 g/mol. The van der Waals surface area contributed by atoms with Gasteiger partial charge in [0.25, 0.3) is 5.91 Å². The lowest BCUT2D eigenvalue weighted by atomic mass is 9.94. The summed E-state index contributed by atoms with van der Waals surface area (Å²) in [6, 6.07) is -0.0926. The van der Waals surface area contributed by atoms with Crippen LogP contribution in [0.1, 0.15) is 58.5 Å². The number of likely N-dealkylation sites (N-methyl/N-ethyl adjacent to an activating group) is 1. The number of nitrogen functional groups attached to an aromatic ring is 1. The van der Waals surface area contributed by atoms with Crippen molar-refractivity contribution in [2.75, 3.05) is 32.0 Å². The maximum Gasteiger partial charge on any atom is 0.409 e. The Morgan fingerprint density at radius 3 is 2.62 bits per heavy atom. The Hall–Kier alpha value is -4.00. The van der Waals surface area contributed by atoms with Gasteiger partial charge in [0.05, 0.1) is 18.8 Å². The number of anilines is 1. The van der Waals surface area contributed by atoms with E-state index in [0.29, 0.717) is 32.5 Å². The zero-order valence-corrected chi connectivity index (χ0v) is 23.9. The molecule has 2 unspecified atom stereocenters. The number of carbonyl (C=O) groups excluding carboxylic acids is 3. The molecule has 3 aliphatic heterocycles. The molecule has 15 heteroatoms. The van der Waals surface area contributed by atoms with Gasteiger partial charge in [-0.05, 0) is 31.6 Å². The van der Waals surface area contributed by atoms with Gasteiger partial charge in [-0.25, -0.2) is 19.7 Å². The summed E-state index contributed by atoms with van der Waals surface area (Å²) in [5.74, 6) is 5.98. The van der Waals surface area contributed by atoms with Crippen LogP contribution in [-0.4, -0.2) is 103 Å². The van der Waals surface area contributed by atoms with Gasteiger partial charge in [-0.15, -0.1) is 0 Å². The van der Waals surface area contributed by atoms with Gasteiger partial charge in [-0.1, -0.05) is 19.8 Å². The van der Waals surface area contributed by atoms with Crippen molar-refractivity contribution >= 4 is 34.9 Å². The van der Waals surface area contributed by atoms with Crippen LogP contribution in [0.4, 0.5) is 10.6 Å². The Kier molecular flexibility index (Phi) is 10.2. The van der Waals surface area contributed by atoms with Crippen LogP contribution in [0, 0.1) is 17.8 Å². The van der Waals surface area contributed by atoms with E-state index < -0.39 is 30.4 Å². The summed E-state index contributed by atoms with van der Waals surface area (Å²) in [4.78, 5) is 50.0. The van der Waals surface area contributed by atoms with E-state index >= 15 is 0 Å². The number of likely N-dealkylation sites (tertiary alicyclic amines) is 1. The number of hydrogen-bond acceptors (Lipinski definition) is 11. The molecule has 0 aromatic carbocycles. The molecule has 3 amide bonds. The summed E-state index contributed by atoms with van der Waals surface area (Å²) in [6.07, 6.45) is -1.74. The number of rotatable bonds is 6. The molecule has 3 aliphatic rings. The Morgan fingerprint density at radius 1 is 1.24 bits per heavy atom. The summed E-state index contributed by atoms with van der Waals surface area (Å²) in [5.41, 5.74) is 6.61. The number of fused-ring (bicyclic) bond motifs is 1. The van der Waals surface area contributed by atoms with Crippen LogP contribution < -0.4 is 16.4 Å². The molecule has 5 atom stereocenters. The molecule has 228 valence electrons. The van der Waals surface area contributed by atoms with Crippen molar-refractivity contribution in [2.24, 2.45) is 5.92 Å². The van der Waals surface area contributed by atoms with Crippen molar-refractivity contribution in [3.8, 4) is 11.8 Å². The number of aromatic nitrogens is 4. The zero-order valence-electron chi connectivity index (χ0n) is 23.9. The Bertz CT molecular complexity index is 1340. The van der Waals surface area contributed by atoms with Crippen LogP contribution in [0.15, 0.2) is 6.33 Å². The number of carbonyl (C=O) groups is 3. The minimum Gasteiger partial charge on any atom is -0.447 e. The number of nitrogens with zero attached hydrogens (tertiary/aromatic N) is 5. The number of nitrogens with one attached hydrogen (secondary N) is 2. The lowest BCUT2D eigenvalue weighted by Crippen LogP contribution is -2.52. The summed E-state index contributed by atoms with van der Waals surface area (Å²) in [5, 5.41) is 26.2. The third-order valence-corrected chi connectivity index (χ3v) is 7.24. The molecule has 6 N–H and O–H groups in total. The monoisotopic (exact) mass is 586 g/mol. The van der Waals surface area contributed by atoms with Crippen molar-refractivity contribution < 1.29 is 34.1 Å². The molecular formula is C27H38N8O7. The number of aliphatic hydroxyl groups excluding tert-OH is 2. The molecule has 3 saturated heterocycles. The van der Waals surface area contributed by atoms with Crippen LogP contribution >= 0.6 is 0 Å². The van der Waals surface area contributed by atoms with Gasteiger partial charge in [-0.2, -0.15) is 0 Å². The number of β-lactam (4-membered cyclic amide) rings is 1. The van der Waals surface area contributed by atoms with Crippen LogP contribution in [0.25, 0.3) is 11.2 Å². The quantitative estimate of drug-likeness (QED) is 0.219. The predicted molar refractivity (Wildman–Crippen MR) is 149 cm³/mol. The van der Waals surface area contributed by atoms with Crippen molar-refractivity contribution in [1.29, 1.82) is 0 Å². The fourth-order valence-corrected chi connectivity index (χ4v) is 4.95. The third-order valence-electron chi connectivity index (χ3n) is 7.24. The molecule has 0 spiro atoms. The first-order valence-corrected chi connectivity index (χ1v) is 14.2. The smallest absolute Gasteiger partial charge is 0.409 e. The van der Waals surface area contributed by atoms with Gasteiger partial charge in [0.15, 0.2) is 23.8 Å². The number of amides is 3. The van der Waals surface area contributed by atoms with Crippen LogP contribution in [0.3, 0.4) is 0 Å². The molecule has 0 radical (unpaired) electrons. The molecule has 2 aromatic rings. The van der Waals surface area contributed by atoms with E-state index in [2.05, 4.69) is 37.4 Å². The fourth-order valence-electron chi connectivity index (χ4n) is 4.95. The second kappa shape index (κ2) is 13.8. The average molecular weight is 587 g/mol.